The zero-order chi connectivity index (χ0) is 14.0. The highest BCUT2D eigenvalue weighted by atomic mass is 16.4. The van der Waals surface area contributed by atoms with Crippen LogP contribution >= 0.6 is 0 Å². The van der Waals surface area contributed by atoms with Crippen molar-refractivity contribution >= 4 is 11.9 Å². The number of hydrogen-bond donors (Lipinski definition) is 1. The van der Waals surface area contributed by atoms with Gasteiger partial charge in [0.1, 0.15) is 0 Å². The van der Waals surface area contributed by atoms with Gasteiger partial charge in [0.05, 0.1) is 12.4 Å². The fourth-order valence-electron chi connectivity index (χ4n) is 1.36. The third kappa shape index (κ3) is 2.57. The van der Waals surface area contributed by atoms with E-state index in [-0.39, 0.29) is 23.1 Å². The lowest BCUT2D eigenvalue weighted by atomic mass is 10.4. The van der Waals surface area contributed by atoms with E-state index in [0.29, 0.717) is 0 Å². The third-order valence-corrected chi connectivity index (χ3v) is 2.29. The van der Waals surface area contributed by atoms with Gasteiger partial charge in [-0.15, -0.1) is 0 Å². The molecular weight excluding hydrogens is 250 g/mol. The first-order chi connectivity index (χ1) is 8.99. The Morgan fingerprint density at radius 3 is 2.63 bits per heavy atom. The molecule has 0 bridgehead atoms. The van der Waals surface area contributed by atoms with Crippen LogP contribution < -0.4 is 0 Å². The average molecular weight is 261 g/mol. The van der Waals surface area contributed by atoms with Gasteiger partial charge in [-0.1, -0.05) is 0 Å². The van der Waals surface area contributed by atoms with Crippen molar-refractivity contribution in [3.05, 3.63) is 36.0 Å². The number of carboxylic acids is 1. The number of carbonyl (C=O) groups is 2. The summed E-state index contributed by atoms with van der Waals surface area (Å²) in [5.74, 6) is -1.19. The van der Waals surface area contributed by atoms with Gasteiger partial charge in [0, 0.05) is 20.3 Å². The zero-order valence-electron chi connectivity index (χ0n) is 10.3. The highest BCUT2D eigenvalue weighted by Crippen LogP contribution is 2.06. The average Bonchev–Trinajstić information content (AvgIpc) is 2.87. The number of carbonyl (C=O) groups excluding carboxylic acids is 1. The lowest BCUT2D eigenvalue weighted by molar-refractivity contribution is 0.0689. The molecule has 0 saturated heterocycles. The van der Waals surface area contributed by atoms with Crippen LogP contribution in [-0.2, 0) is 0 Å². The van der Waals surface area contributed by atoms with Gasteiger partial charge >= 0.3 is 5.97 Å². The first-order valence-corrected chi connectivity index (χ1v) is 5.32. The largest absolute Gasteiger partial charge is 0.476 e. The maximum Gasteiger partial charge on any atom is 0.356 e. The minimum absolute atomic E-state index is 0.187. The van der Waals surface area contributed by atoms with Crippen molar-refractivity contribution in [2.24, 2.45) is 0 Å². The molecule has 0 atom stereocenters. The van der Waals surface area contributed by atoms with E-state index in [1.54, 1.807) is 14.1 Å². The fourth-order valence-corrected chi connectivity index (χ4v) is 1.36. The molecule has 2 heterocycles. The second-order valence-electron chi connectivity index (χ2n) is 3.91. The molecule has 0 aliphatic rings. The Bertz CT molecular complexity index is 635. The lowest BCUT2D eigenvalue weighted by Gasteiger charge is -2.06. The van der Waals surface area contributed by atoms with Gasteiger partial charge in [-0.05, 0) is 6.07 Å². The summed E-state index contributed by atoms with van der Waals surface area (Å²) in [4.78, 5) is 31.5. The molecule has 2 aromatic heterocycles. The fraction of sp³-hybridized carbons (Fsp3) is 0.182. The lowest BCUT2D eigenvalue weighted by Crippen LogP contribution is -2.22. The predicted molar refractivity (Wildman–Crippen MR) is 64.1 cm³/mol. The molecule has 1 amide bonds. The van der Waals surface area contributed by atoms with Gasteiger partial charge in [-0.2, -0.15) is 5.10 Å². The van der Waals surface area contributed by atoms with E-state index in [4.69, 9.17) is 5.11 Å². The van der Waals surface area contributed by atoms with Crippen molar-refractivity contribution in [2.45, 2.75) is 0 Å². The second-order valence-corrected chi connectivity index (χ2v) is 3.91. The maximum absolute atomic E-state index is 11.7. The maximum atomic E-state index is 11.7. The van der Waals surface area contributed by atoms with E-state index in [0.717, 1.165) is 6.20 Å². The van der Waals surface area contributed by atoms with Crippen molar-refractivity contribution in [2.75, 3.05) is 14.1 Å². The molecule has 19 heavy (non-hydrogen) atoms. The normalized spacial score (nSPS) is 10.2. The Labute approximate surface area is 108 Å². The SMILES string of the molecule is CN(C)C(=O)c1ccn(-c2cncc(C(=O)O)n2)n1. The summed E-state index contributed by atoms with van der Waals surface area (Å²) in [7, 11) is 3.23. The molecule has 1 N–H and O–H groups in total. The number of amides is 1. The van der Waals surface area contributed by atoms with Crippen LogP contribution in [0.25, 0.3) is 5.82 Å². The third-order valence-electron chi connectivity index (χ3n) is 2.29. The molecule has 0 fully saturated rings. The van der Waals surface area contributed by atoms with Crippen LogP contribution in [0.2, 0.25) is 0 Å². The van der Waals surface area contributed by atoms with Gasteiger partial charge in [0.15, 0.2) is 17.2 Å². The first-order valence-electron chi connectivity index (χ1n) is 5.32. The van der Waals surface area contributed by atoms with Gasteiger partial charge in [0.2, 0.25) is 0 Å². The molecule has 8 heteroatoms. The Morgan fingerprint density at radius 1 is 1.26 bits per heavy atom. The number of aromatic nitrogens is 4. The van der Waals surface area contributed by atoms with Crippen LogP contribution in [0.15, 0.2) is 24.7 Å². The molecule has 0 unspecified atom stereocenters. The summed E-state index contributed by atoms with van der Waals surface area (Å²) in [6.45, 7) is 0. The summed E-state index contributed by atoms with van der Waals surface area (Å²) in [6, 6.07) is 1.53. The molecule has 2 rings (SSSR count). The number of aromatic carboxylic acids is 1. The quantitative estimate of drug-likeness (QED) is 0.838. The highest BCUT2D eigenvalue weighted by molar-refractivity contribution is 5.91. The molecular formula is C11H11N5O3. The molecule has 0 spiro atoms. The summed E-state index contributed by atoms with van der Waals surface area (Å²) in [5.41, 5.74) is 0.0565. The number of nitrogens with zero attached hydrogens (tertiary/aromatic N) is 5. The van der Waals surface area contributed by atoms with Crippen LogP contribution in [0.1, 0.15) is 21.0 Å². The van der Waals surface area contributed by atoms with Crippen LogP contribution in [-0.4, -0.2) is 55.7 Å². The van der Waals surface area contributed by atoms with E-state index in [1.807, 2.05) is 0 Å². The Balaban J connectivity index is 2.35. The molecule has 8 nitrogen and oxygen atoms in total. The van der Waals surface area contributed by atoms with Crippen LogP contribution in [0.4, 0.5) is 0 Å². The smallest absolute Gasteiger partial charge is 0.356 e. The van der Waals surface area contributed by atoms with Crippen LogP contribution in [0, 0.1) is 0 Å². The van der Waals surface area contributed by atoms with E-state index < -0.39 is 5.97 Å². The Morgan fingerprint density at radius 2 is 2.00 bits per heavy atom. The first kappa shape index (κ1) is 12.7. The Hall–Kier alpha value is -2.77. The van der Waals surface area contributed by atoms with E-state index in [2.05, 4.69) is 15.1 Å². The molecule has 2 aromatic rings. The monoisotopic (exact) mass is 261 g/mol. The number of hydrogen-bond acceptors (Lipinski definition) is 5. The summed E-state index contributed by atoms with van der Waals surface area (Å²) in [5, 5.41) is 12.9. The van der Waals surface area contributed by atoms with Crippen LogP contribution in [0.3, 0.4) is 0 Å². The van der Waals surface area contributed by atoms with Crippen LogP contribution in [0.5, 0.6) is 0 Å². The highest BCUT2D eigenvalue weighted by Gasteiger charge is 2.13. The molecule has 98 valence electrons. The summed E-state index contributed by atoms with van der Waals surface area (Å²) >= 11 is 0. The Kier molecular flexibility index (Phi) is 3.23. The van der Waals surface area contributed by atoms with Gasteiger partial charge < -0.3 is 10.0 Å². The van der Waals surface area contributed by atoms with Gasteiger partial charge in [-0.3, -0.25) is 9.78 Å². The van der Waals surface area contributed by atoms with E-state index in [9.17, 15) is 9.59 Å². The molecule has 0 aliphatic heterocycles. The minimum Gasteiger partial charge on any atom is -0.476 e. The van der Waals surface area contributed by atoms with Crippen molar-refractivity contribution in [3.63, 3.8) is 0 Å². The molecule has 0 aliphatic carbocycles. The van der Waals surface area contributed by atoms with Gasteiger partial charge in [-0.25, -0.2) is 14.5 Å². The van der Waals surface area contributed by atoms with Gasteiger partial charge in [0.25, 0.3) is 5.91 Å². The van der Waals surface area contributed by atoms with Crippen molar-refractivity contribution < 1.29 is 14.7 Å². The van der Waals surface area contributed by atoms with E-state index in [1.165, 1.54) is 28.0 Å². The standard InChI is InChI=1S/C11H11N5O3/c1-15(2)10(17)7-3-4-16(14-7)9-6-12-5-8(13-9)11(18)19/h3-6H,1-2H3,(H,18,19). The second kappa shape index (κ2) is 4.84. The predicted octanol–water partition coefficient (Wildman–Crippen LogP) is 0.0623. The number of carboxylic acid groups (broad SMARTS) is 1. The van der Waals surface area contributed by atoms with E-state index >= 15 is 0 Å². The molecule has 0 saturated carbocycles. The summed E-state index contributed by atoms with van der Waals surface area (Å²) in [6.07, 6.45) is 4.02. The topological polar surface area (TPSA) is 101 Å². The van der Waals surface area contributed by atoms with Crippen molar-refractivity contribution in [1.29, 1.82) is 0 Å². The molecule has 0 radical (unpaired) electrons. The van der Waals surface area contributed by atoms with Crippen molar-refractivity contribution in [3.8, 4) is 5.82 Å². The minimum atomic E-state index is -1.17. The zero-order valence-corrected chi connectivity index (χ0v) is 10.3. The van der Waals surface area contributed by atoms with Crippen molar-refractivity contribution in [1.82, 2.24) is 24.6 Å². The molecule has 0 aromatic carbocycles. The summed E-state index contributed by atoms with van der Waals surface area (Å²) < 4.78 is 1.30. The number of rotatable bonds is 3.